The van der Waals surface area contributed by atoms with Crippen molar-refractivity contribution in [3.63, 3.8) is 0 Å². The number of hydrogen-bond acceptors (Lipinski definition) is 6. The summed E-state index contributed by atoms with van der Waals surface area (Å²) >= 11 is 0. The molecular formula is C11H13N5O3. The lowest BCUT2D eigenvalue weighted by Crippen LogP contribution is -2.41. The van der Waals surface area contributed by atoms with Crippen LogP contribution in [0.5, 0.6) is 0 Å². The topological polar surface area (TPSA) is 110 Å². The Hall–Kier alpha value is -2.51. The van der Waals surface area contributed by atoms with Crippen LogP contribution in [0.2, 0.25) is 0 Å². The Morgan fingerprint density at radius 2 is 2.21 bits per heavy atom. The van der Waals surface area contributed by atoms with E-state index >= 15 is 0 Å². The fourth-order valence-corrected chi connectivity index (χ4v) is 1.57. The molecule has 1 amide bonds. The summed E-state index contributed by atoms with van der Waals surface area (Å²) < 4.78 is 4.60. The predicted octanol–water partition coefficient (Wildman–Crippen LogP) is 0.0343. The number of nitrogens with one attached hydrogen (secondary N) is 2. The van der Waals surface area contributed by atoms with E-state index in [4.69, 9.17) is 0 Å². The van der Waals surface area contributed by atoms with Crippen molar-refractivity contribution < 1.29 is 14.3 Å². The highest BCUT2D eigenvalue weighted by Crippen LogP contribution is 2.06. The van der Waals surface area contributed by atoms with Gasteiger partial charge in [-0.3, -0.25) is 4.79 Å². The zero-order chi connectivity index (χ0) is 13.8. The number of rotatable bonds is 4. The highest BCUT2D eigenvalue weighted by molar-refractivity contribution is 5.96. The summed E-state index contributed by atoms with van der Waals surface area (Å²) in [7, 11) is 1.27. The zero-order valence-corrected chi connectivity index (χ0v) is 10.5. The molecule has 2 heterocycles. The van der Waals surface area contributed by atoms with Crippen molar-refractivity contribution in [3.05, 3.63) is 17.8 Å². The van der Waals surface area contributed by atoms with Gasteiger partial charge >= 0.3 is 5.97 Å². The Kier molecular flexibility index (Phi) is 3.69. The Labute approximate surface area is 108 Å². The van der Waals surface area contributed by atoms with Crippen LogP contribution in [0.1, 0.15) is 23.8 Å². The Bertz CT molecular complexity index is 609. The molecule has 8 heteroatoms. The first-order chi connectivity index (χ1) is 9.15. The maximum absolute atomic E-state index is 12.0. The first-order valence-corrected chi connectivity index (χ1v) is 5.72. The van der Waals surface area contributed by atoms with E-state index < -0.39 is 17.9 Å². The van der Waals surface area contributed by atoms with Gasteiger partial charge in [0, 0.05) is 0 Å². The van der Waals surface area contributed by atoms with Gasteiger partial charge in [0.05, 0.1) is 7.11 Å². The lowest BCUT2D eigenvalue weighted by atomic mass is 10.2. The second-order valence-electron chi connectivity index (χ2n) is 3.82. The summed E-state index contributed by atoms with van der Waals surface area (Å²) in [6.45, 7) is 1.77. The van der Waals surface area contributed by atoms with Gasteiger partial charge in [-0.25, -0.2) is 9.78 Å². The standard InChI is InChI=1S/C11H13N5O3/c1-3-6(11(18)19-2)13-10(17)8-5-4-7-9(12-8)15-16-14-7/h4-6H,3H2,1-2H3,(H,13,17)(H,12,14,15,16)/t6-/m0/s1. The van der Waals surface area contributed by atoms with Gasteiger partial charge in [-0.05, 0) is 18.6 Å². The summed E-state index contributed by atoms with van der Waals surface area (Å²) in [5.41, 5.74) is 1.08. The minimum atomic E-state index is -0.688. The van der Waals surface area contributed by atoms with Crippen LogP contribution in [0.3, 0.4) is 0 Å². The normalized spacial score (nSPS) is 12.1. The third kappa shape index (κ3) is 2.67. The van der Waals surface area contributed by atoms with Gasteiger partial charge in [0.2, 0.25) is 5.65 Å². The van der Waals surface area contributed by atoms with Crippen LogP contribution in [0, 0.1) is 0 Å². The summed E-state index contributed by atoms with van der Waals surface area (Å²) in [6, 6.07) is 2.46. The first-order valence-electron chi connectivity index (χ1n) is 5.72. The molecule has 0 radical (unpaired) electrons. The van der Waals surface area contributed by atoms with Crippen molar-refractivity contribution in [2.24, 2.45) is 0 Å². The second kappa shape index (κ2) is 5.42. The Morgan fingerprint density at radius 1 is 1.42 bits per heavy atom. The van der Waals surface area contributed by atoms with E-state index in [1.54, 1.807) is 13.0 Å². The number of aromatic amines is 1. The van der Waals surface area contributed by atoms with Crippen molar-refractivity contribution in [1.29, 1.82) is 0 Å². The van der Waals surface area contributed by atoms with E-state index in [9.17, 15) is 9.59 Å². The molecule has 0 spiro atoms. The number of hydrogen-bond donors (Lipinski definition) is 2. The third-order valence-corrected chi connectivity index (χ3v) is 2.61. The molecule has 100 valence electrons. The highest BCUT2D eigenvalue weighted by atomic mass is 16.5. The van der Waals surface area contributed by atoms with Gasteiger partial charge in [-0.2, -0.15) is 10.3 Å². The van der Waals surface area contributed by atoms with Gasteiger partial charge in [-0.15, -0.1) is 5.10 Å². The number of amides is 1. The Balaban J connectivity index is 2.16. The molecule has 0 aromatic carbocycles. The van der Waals surface area contributed by atoms with Crippen molar-refractivity contribution in [2.45, 2.75) is 19.4 Å². The molecule has 2 rings (SSSR count). The average Bonchev–Trinajstić information content (AvgIpc) is 2.90. The molecule has 19 heavy (non-hydrogen) atoms. The van der Waals surface area contributed by atoms with Crippen molar-refractivity contribution in [2.75, 3.05) is 7.11 Å². The number of carbonyl (C=O) groups is 2. The minimum Gasteiger partial charge on any atom is -0.467 e. The molecule has 0 aliphatic heterocycles. The number of methoxy groups -OCH3 is 1. The summed E-state index contributed by atoms with van der Waals surface area (Å²) in [5.74, 6) is -0.944. The zero-order valence-electron chi connectivity index (χ0n) is 10.5. The van der Waals surface area contributed by atoms with Gasteiger partial charge in [0.1, 0.15) is 17.3 Å². The number of carbonyl (C=O) groups excluding carboxylic acids is 2. The number of aromatic nitrogens is 4. The van der Waals surface area contributed by atoms with Crippen LogP contribution in [0.4, 0.5) is 0 Å². The molecule has 0 saturated heterocycles. The molecule has 8 nitrogen and oxygen atoms in total. The van der Waals surface area contributed by atoms with Gasteiger partial charge < -0.3 is 10.1 Å². The number of esters is 1. The molecule has 2 N–H and O–H groups in total. The molecule has 1 atom stereocenters. The maximum Gasteiger partial charge on any atom is 0.328 e. The van der Waals surface area contributed by atoms with E-state index in [0.29, 0.717) is 17.6 Å². The predicted molar refractivity (Wildman–Crippen MR) is 65.2 cm³/mol. The van der Waals surface area contributed by atoms with E-state index in [0.717, 1.165) is 0 Å². The quantitative estimate of drug-likeness (QED) is 0.753. The summed E-state index contributed by atoms with van der Waals surface area (Å²) in [4.78, 5) is 27.4. The SMILES string of the molecule is CC[C@H](NC(=O)c1ccc2n[nH]nc2n1)C(=O)OC. The van der Waals surface area contributed by atoms with E-state index in [1.165, 1.54) is 13.2 Å². The number of ether oxygens (including phenoxy) is 1. The van der Waals surface area contributed by atoms with Gasteiger partial charge in [0.25, 0.3) is 5.91 Å². The Morgan fingerprint density at radius 3 is 2.89 bits per heavy atom. The number of fused-ring (bicyclic) bond motifs is 1. The van der Waals surface area contributed by atoms with Crippen molar-refractivity contribution >= 4 is 23.0 Å². The molecule has 0 aliphatic rings. The van der Waals surface area contributed by atoms with Gasteiger partial charge in [0.15, 0.2) is 0 Å². The number of nitrogens with zero attached hydrogens (tertiary/aromatic N) is 3. The van der Waals surface area contributed by atoms with Crippen LogP contribution in [-0.4, -0.2) is 45.4 Å². The van der Waals surface area contributed by atoms with Crippen LogP contribution in [0.25, 0.3) is 11.2 Å². The average molecular weight is 263 g/mol. The van der Waals surface area contributed by atoms with Crippen LogP contribution in [-0.2, 0) is 9.53 Å². The van der Waals surface area contributed by atoms with E-state index in [-0.39, 0.29) is 5.69 Å². The lowest BCUT2D eigenvalue weighted by Gasteiger charge is -2.13. The third-order valence-electron chi connectivity index (χ3n) is 2.61. The number of H-pyrrole nitrogens is 1. The second-order valence-corrected chi connectivity index (χ2v) is 3.82. The van der Waals surface area contributed by atoms with E-state index in [2.05, 4.69) is 30.4 Å². The van der Waals surface area contributed by atoms with Crippen LogP contribution in [0.15, 0.2) is 12.1 Å². The molecule has 2 aromatic rings. The molecule has 0 fully saturated rings. The van der Waals surface area contributed by atoms with E-state index in [1.807, 2.05) is 0 Å². The molecule has 0 saturated carbocycles. The first kappa shape index (κ1) is 12.9. The highest BCUT2D eigenvalue weighted by Gasteiger charge is 2.21. The van der Waals surface area contributed by atoms with Crippen LogP contribution < -0.4 is 5.32 Å². The number of pyridine rings is 1. The maximum atomic E-state index is 12.0. The molecule has 0 aliphatic carbocycles. The fraction of sp³-hybridized carbons (Fsp3) is 0.364. The molecule has 2 aromatic heterocycles. The molecular weight excluding hydrogens is 250 g/mol. The summed E-state index contributed by atoms with van der Waals surface area (Å²) in [5, 5.41) is 12.6. The fourth-order valence-electron chi connectivity index (χ4n) is 1.57. The van der Waals surface area contributed by atoms with Crippen LogP contribution >= 0.6 is 0 Å². The van der Waals surface area contributed by atoms with Crippen molar-refractivity contribution in [3.8, 4) is 0 Å². The lowest BCUT2D eigenvalue weighted by molar-refractivity contribution is -0.142. The smallest absolute Gasteiger partial charge is 0.328 e. The molecule has 0 unspecified atom stereocenters. The monoisotopic (exact) mass is 263 g/mol. The molecule has 0 bridgehead atoms. The largest absolute Gasteiger partial charge is 0.467 e. The van der Waals surface area contributed by atoms with Gasteiger partial charge in [-0.1, -0.05) is 6.92 Å². The van der Waals surface area contributed by atoms with Crippen molar-refractivity contribution in [1.82, 2.24) is 25.7 Å². The minimum absolute atomic E-state index is 0.170. The summed E-state index contributed by atoms with van der Waals surface area (Å²) in [6.07, 6.45) is 0.435.